The third-order valence-electron chi connectivity index (χ3n) is 4.71. The molecule has 0 bridgehead atoms. The second-order valence-corrected chi connectivity index (χ2v) is 7.37. The normalized spacial score (nSPS) is 11.6. The summed E-state index contributed by atoms with van der Waals surface area (Å²) in [7, 11) is 0. The Morgan fingerprint density at radius 2 is 1.69 bits per heavy atom. The molecule has 0 radical (unpaired) electrons. The lowest BCUT2D eigenvalue weighted by Crippen LogP contribution is -2.26. The summed E-state index contributed by atoms with van der Waals surface area (Å²) in [6, 6.07) is 23.0. The Kier molecular flexibility index (Phi) is 9.46. The number of nitrogens with one attached hydrogen (secondary N) is 1. The van der Waals surface area contributed by atoms with Gasteiger partial charge in [-0.15, -0.1) is 12.4 Å². The first-order valence-electron chi connectivity index (χ1n) is 9.54. The van der Waals surface area contributed by atoms with Crippen molar-refractivity contribution in [2.24, 2.45) is 0 Å². The van der Waals surface area contributed by atoms with Crippen molar-refractivity contribution in [2.45, 2.75) is 39.0 Å². The topological polar surface area (TPSA) is 21.3 Å². The highest BCUT2D eigenvalue weighted by Crippen LogP contribution is 2.24. The van der Waals surface area contributed by atoms with Crippen LogP contribution >= 0.6 is 24.0 Å². The molecule has 0 heterocycles. The van der Waals surface area contributed by atoms with Crippen LogP contribution in [0, 0.1) is 5.82 Å². The van der Waals surface area contributed by atoms with E-state index in [1.165, 1.54) is 11.6 Å². The smallest absolute Gasteiger partial charge is 0.129 e. The molecule has 29 heavy (non-hydrogen) atoms. The minimum atomic E-state index is -0.259. The predicted molar refractivity (Wildman–Crippen MR) is 120 cm³/mol. The van der Waals surface area contributed by atoms with Gasteiger partial charge in [-0.3, -0.25) is 0 Å². The summed E-state index contributed by atoms with van der Waals surface area (Å²) in [5.74, 6) is 0.459. The van der Waals surface area contributed by atoms with Crippen LogP contribution in [-0.4, -0.2) is 6.04 Å². The van der Waals surface area contributed by atoms with Crippen molar-refractivity contribution in [2.75, 3.05) is 0 Å². The lowest BCUT2D eigenvalue weighted by atomic mass is 10.1. The van der Waals surface area contributed by atoms with Gasteiger partial charge in [0, 0.05) is 28.7 Å². The molecule has 0 aliphatic heterocycles. The summed E-state index contributed by atoms with van der Waals surface area (Å²) in [6.07, 6.45) is 2.07. The van der Waals surface area contributed by atoms with Crippen molar-refractivity contribution in [3.8, 4) is 5.75 Å². The van der Waals surface area contributed by atoms with Crippen LogP contribution in [0.4, 0.5) is 4.39 Å². The van der Waals surface area contributed by atoms with Gasteiger partial charge in [0.1, 0.15) is 18.2 Å². The zero-order valence-corrected chi connectivity index (χ0v) is 18.0. The fraction of sp³-hybridized carbons (Fsp3) is 0.250. The van der Waals surface area contributed by atoms with E-state index in [2.05, 4.69) is 36.5 Å². The van der Waals surface area contributed by atoms with Gasteiger partial charge in [-0.25, -0.2) is 4.39 Å². The Morgan fingerprint density at radius 1 is 0.966 bits per heavy atom. The summed E-state index contributed by atoms with van der Waals surface area (Å²) in [6.45, 7) is 3.00. The van der Waals surface area contributed by atoms with Crippen LogP contribution in [0.2, 0.25) is 5.02 Å². The molecule has 0 saturated heterocycles. The number of hydrogen-bond acceptors (Lipinski definition) is 2. The van der Waals surface area contributed by atoms with Crippen LogP contribution in [0.5, 0.6) is 5.75 Å². The van der Waals surface area contributed by atoms with Gasteiger partial charge in [0.05, 0.1) is 0 Å². The van der Waals surface area contributed by atoms with Gasteiger partial charge < -0.3 is 10.1 Å². The Morgan fingerprint density at radius 3 is 2.45 bits per heavy atom. The van der Waals surface area contributed by atoms with Crippen molar-refractivity contribution in [3.05, 3.63) is 100 Å². The number of halogens is 3. The van der Waals surface area contributed by atoms with Gasteiger partial charge >= 0.3 is 0 Å². The molecular formula is C24H26Cl2FNO. The van der Waals surface area contributed by atoms with E-state index in [-0.39, 0.29) is 24.8 Å². The fourth-order valence-electron chi connectivity index (χ4n) is 3.01. The van der Waals surface area contributed by atoms with Crippen LogP contribution in [0.15, 0.2) is 72.8 Å². The first-order valence-corrected chi connectivity index (χ1v) is 9.91. The van der Waals surface area contributed by atoms with Crippen LogP contribution in [0.3, 0.4) is 0 Å². The molecule has 3 aromatic carbocycles. The number of aryl methyl sites for hydroxylation is 1. The second-order valence-electron chi connectivity index (χ2n) is 6.94. The van der Waals surface area contributed by atoms with Gasteiger partial charge in [0.25, 0.3) is 0 Å². The Bertz CT molecular complexity index is 889. The molecule has 0 fully saturated rings. The SMILES string of the molecule is CC(CCc1ccccc1)NCc1cc(Cl)ccc1OCc1ccccc1F.Cl. The molecule has 1 atom stereocenters. The zero-order valence-electron chi connectivity index (χ0n) is 16.4. The summed E-state index contributed by atoms with van der Waals surface area (Å²) in [5, 5.41) is 4.19. The molecule has 154 valence electrons. The molecule has 0 aliphatic carbocycles. The van der Waals surface area contributed by atoms with Crippen molar-refractivity contribution >= 4 is 24.0 Å². The van der Waals surface area contributed by atoms with E-state index in [1.807, 2.05) is 18.2 Å². The second kappa shape index (κ2) is 11.8. The average Bonchev–Trinajstić information content (AvgIpc) is 2.72. The van der Waals surface area contributed by atoms with E-state index in [0.29, 0.717) is 23.2 Å². The lowest BCUT2D eigenvalue weighted by molar-refractivity contribution is 0.295. The zero-order chi connectivity index (χ0) is 19.8. The van der Waals surface area contributed by atoms with Crippen LogP contribution in [-0.2, 0) is 19.6 Å². The molecule has 0 amide bonds. The molecule has 0 spiro atoms. The molecule has 3 rings (SSSR count). The third-order valence-corrected chi connectivity index (χ3v) is 4.95. The minimum Gasteiger partial charge on any atom is -0.488 e. The first-order chi connectivity index (χ1) is 13.6. The number of hydrogen-bond donors (Lipinski definition) is 1. The number of rotatable bonds is 9. The van der Waals surface area contributed by atoms with Crippen LogP contribution in [0.25, 0.3) is 0 Å². The summed E-state index contributed by atoms with van der Waals surface area (Å²) < 4.78 is 19.7. The van der Waals surface area contributed by atoms with E-state index in [1.54, 1.807) is 24.3 Å². The standard InChI is InChI=1S/C24H25ClFNO.ClH/c1-18(11-12-19-7-3-2-4-8-19)27-16-21-15-22(25)13-14-24(21)28-17-20-9-5-6-10-23(20)26;/h2-10,13-15,18,27H,11-12,16-17H2,1H3;1H. The van der Waals surface area contributed by atoms with E-state index in [0.717, 1.165) is 24.2 Å². The Hall–Kier alpha value is -2.07. The quantitative estimate of drug-likeness (QED) is 0.410. The van der Waals surface area contributed by atoms with Gasteiger partial charge in [-0.05, 0) is 49.6 Å². The summed E-state index contributed by atoms with van der Waals surface area (Å²) in [4.78, 5) is 0. The molecule has 1 N–H and O–H groups in total. The third kappa shape index (κ3) is 7.36. The highest BCUT2D eigenvalue weighted by atomic mass is 35.5. The number of benzene rings is 3. The Labute approximate surface area is 183 Å². The maximum atomic E-state index is 13.8. The van der Waals surface area contributed by atoms with Gasteiger partial charge in [-0.1, -0.05) is 60.1 Å². The van der Waals surface area contributed by atoms with E-state index >= 15 is 0 Å². The van der Waals surface area contributed by atoms with Crippen LogP contribution < -0.4 is 10.1 Å². The minimum absolute atomic E-state index is 0. The summed E-state index contributed by atoms with van der Waals surface area (Å²) >= 11 is 6.17. The average molecular weight is 434 g/mol. The van der Waals surface area contributed by atoms with Crippen molar-refractivity contribution in [1.29, 1.82) is 0 Å². The number of ether oxygens (including phenoxy) is 1. The molecule has 0 aromatic heterocycles. The molecule has 1 unspecified atom stereocenters. The van der Waals surface area contributed by atoms with Crippen molar-refractivity contribution in [1.82, 2.24) is 5.32 Å². The molecule has 5 heteroatoms. The monoisotopic (exact) mass is 433 g/mol. The summed E-state index contributed by atoms with van der Waals surface area (Å²) in [5.41, 5.74) is 2.84. The van der Waals surface area contributed by atoms with E-state index < -0.39 is 0 Å². The fourth-order valence-corrected chi connectivity index (χ4v) is 3.21. The van der Waals surface area contributed by atoms with Gasteiger partial charge in [0.2, 0.25) is 0 Å². The molecule has 2 nitrogen and oxygen atoms in total. The predicted octanol–water partition coefficient (Wildman–Crippen LogP) is 6.59. The lowest BCUT2D eigenvalue weighted by Gasteiger charge is -2.17. The first kappa shape index (κ1) is 23.2. The van der Waals surface area contributed by atoms with Gasteiger partial charge in [-0.2, -0.15) is 0 Å². The largest absolute Gasteiger partial charge is 0.488 e. The molecule has 0 aliphatic rings. The Balaban J connectivity index is 0.00000300. The molecule has 3 aromatic rings. The highest BCUT2D eigenvalue weighted by molar-refractivity contribution is 6.30. The van der Waals surface area contributed by atoms with Crippen molar-refractivity contribution in [3.63, 3.8) is 0 Å². The van der Waals surface area contributed by atoms with E-state index in [9.17, 15) is 4.39 Å². The maximum Gasteiger partial charge on any atom is 0.129 e. The van der Waals surface area contributed by atoms with E-state index in [4.69, 9.17) is 16.3 Å². The maximum absolute atomic E-state index is 13.8. The molecule has 0 saturated carbocycles. The highest BCUT2D eigenvalue weighted by Gasteiger charge is 2.09. The van der Waals surface area contributed by atoms with Crippen molar-refractivity contribution < 1.29 is 9.13 Å². The van der Waals surface area contributed by atoms with Crippen LogP contribution in [0.1, 0.15) is 30.0 Å². The molecular weight excluding hydrogens is 408 g/mol. The van der Waals surface area contributed by atoms with Gasteiger partial charge in [0.15, 0.2) is 0 Å².